The fourth-order valence-corrected chi connectivity index (χ4v) is 3.40. The predicted molar refractivity (Wildman–Crippen MR) is 112 cm³/mol. The third-order valence-corrected chi connectivity index (χ3v) is 4.72. The summed E-state index contributed by atoms with van der Waals surface area (Å²) in [5, 5.41) is 5.44. The van der Waals surface area contributed by atoms with Crippen LogP contribution in [-0.4, -0.2) is 16.9 Å². The van der Waals surface area contributed by atoms with E-state index in [4.69, 9.17) is 0 Å². The number of benzene rings is 1. The van der Waals surface area contributed by atoms with Gasteiger partial charge in [-0.1, -0.05) is 35.9 Å². The van der Waals surface area contributed by atoms with E-state index < -0.39 is 0 Å². The standard InChI is InChI=1S/C22H25FN2OS/c1-6-16(17-7-10-18(23)11-8-17)9-12-19(14(2)3)22-25-20(13-27-22)21(26)24-15(4)5/h6-13,15H,1-5H3,(H,24,26)/b12-9-,16-6+. The molecule has 0 radical (unpaired) electrons. The van der Waals surface area contributed by atoms with E-state index in [9.17, 15) is 9.18 Å². The van der Waals surface area contributed by atoms with Crippen LogP contribution in [0, 0.1) is 5.82 Å². The van der Waals surface area contributed by atoms with Gasteiger partial charge in [0.05, 0.1) is 0 Å². The number of carbonyl (C=O) groups excluding carboxylic acids is 1. The summed E-state index contributed by atoms with van der Waals surface area (Å²) in [4.78, 5) is 16.6. The minimum atomic E-state index is -0.252. The van der Waals surface area contributed by atoms with Crippen molar-refractivity contribution in [3.8, 4) is 0 Å². The molecule has 2 aromatic rings. The normalized spacial score (nSPS) is 11.9. The molecule has 5 heteroatoms. The van der Waals surface area contributed by atoms with Crippen molar-refractivity contribution in [1.82, 2.24) is 10.3 Å². The molecule has 0 aliphatic heterocycles. The summed E-state index contributed by atoms with van der Waals surface area (Å²) < 4.78 is 13.2. The van der Waals surface area contributed by atoms with Gasteiger partial charge in [-0.2, -0.15) is 0 Å². The maximum atomic E-state index is 13.2. The number of hydrogen-bond acceptors (Lipinski definition) is 3. The molecule has 0 aliphatic rings. The molecule has 1 aromatic heterocycles. The molecule has 0 fully saturated rings. The Morgan fingerprint density at radius 3 is 2.41 bits per heavy atom. The highest BCUT2D eigenvalue weighted by atomic mass is 32.1. The molecular weight excluding hydrogens is 359 g/mol. The van der Waals surface area contributed by atoms with Crippen molar-refractivity contribution in [2.75, 3.05) is 0 Å². The number of halogens is 1. The molecule has 0 saturated carbocycles. The summed E-state index contributed by atoms with van der Waals surface area (Å²) in [5.74, 6) is -0.414. The number of nitrogens with one attached hydrogen (secondary N) is 1. The number of nitrogens with zero attached hydrogens (tertiary/aromatic N) is 1. The average molecular weight is 385 g/mol. The molecule has 3 nitrogen and oxygen atoms in total. The maximum Gasteiger partial charge on any atom is 0.270 e. The van der Waals surface area contributed by atoms with Crippen LogP contribution in [-0.2, 0) is 0 Å². The van der Waals surface area contributed by atoms with Crippen LogP contribution in [0.4, 0.5) is 4.39 Å². The third kappa shape index (κ3) is 5.73. The van der Waals surface area contributed by atoms with Gasteiger partial charge in [0.25, 0.3) is 5.91 Å². The molecule has 0 spiro atoms. The summed E-state index contributed by atoms with van der Waals surface area (Å²) in [7, 11) is 0. The lowest BCUT2D eigenvalue weighted by atomic mass is 10.0. The summed E-state index contributed by atoms with van der Waals surface area (Å²) in [6.45, 7) is 9.82. The fourth-order valence-electron chi connectivity index (χ4n) is 2.46. The largest absolute Gasteiger partial charge is 0.349 e. The van der Waals surface area contributed by atoms with E-state index in [1.54, 1.807) is 17.5 Å². The lowest BCUT2D eigenvalue weighted by Crippen LogP contribution is -2.30. The van der Waals surface area contributed by atoms with E-state index >= 15 is 0 Å². The highest BCUT2D eigenvalue weighted by Gasteiger charge is 2.13. The highest BCUT2D eigenvalue weighted by molar-refractivity contribution is 7.11. The smallest absolute Gasteiger partial charge is 0.270 e. The quantitative estimate of drug-likeness (QED) is 0.633. The highest BCUT2D eigenvalue weighted by Crippen LogP contribution is 2.26. The summed E-state index contributed by atoms with van der Waals surface area (Å²) in [5.41, 5.74) is 4.44. The number of allylic oxidation sites excluding steroid dienone is 6. The minimum Gasteiger partial charge on any atom is -0.349 e. The van der Waals surface area contributed by atoms with Crippen LogP contribution in [0.25, 0.3) is 11.1 Å². The number of hydrogen-bond donors (Lipinski definition) is 1. The van der Waals surface area contributed by atoms with Crippen molar-refractivity contribution >= 4 is 28.4 Å². The lowest BCUT2D eigenvalue weighted by Gasteiger charge is -2.06. The van der Waals surface area contributed by atoms with Crippen LogP contribution in [0.3, 0.4) is 0 Å². The van der Waals surface area contributed by atoms with E-state index in [1.807, 2.05) is 52.8 Å². The van der Waals surface area contributed by atoms with Crippen molar-refractivity contribution < 1.29 is 9.18 Å². The van der Waals surface area contributed by atoms with Crippen LogP contribution in [0.5, 0.6) is 0 Å². The molecule has 1 amide bonds. The Balaban J connectivity index is 2.27. The van der Waals surface area contributed by atoms with Crippen LogP contribution < -0.4 is 5.32 Å². The number of rotatable bonds is 6. The molecule has 0 saturated heterocycles. The number of carbonyl (C=O) groups is 1. The molecule has 2 rings (SSSR count). The van der Waals surface area contributed by atoms with Gasteiger partial charge < -0.3 is 5.32 Å². The van der Waals surface area contributed by atoms with Crippen molar-refractivity contribution in [3.05, 3.63) is 75.5 Å². The van der Waals surface area contributed by atoms with Crippen molar-refractivity contribution in [2.24, 2.45) is 0 Å². The molecule has 0 bridgehead atoms. The Hall–Kier alpha value is -2.53. The molecule has 0 aliphatic carbocycles. The first-order valence-electron chi connectivity index (χ1n) is 8.86. The molecule has 0 unspecified atom stereocenters. The van der Waals surface area contributed by atoms with Crippen molar-refractivity contribution in [1.29, 1.82) is 0 Å². The molecular formula is C22H25FN2OS. The van der Waals surface area contributed by atoms with Crippen LogP contribution in [0.2, 0.25) is 0 Å². The predicted octanol–water partition coefficient (Wildman–Crippen LogP) is 5.87. The van der Waals surface area contributed by atoms with Crippen molar-refractivity contribution in [2.45, 2.75) is 40.7 Å². The van der Waals surface area contributed by atoms with Crippen LogP contribution >= 0.6 is 11.3 Å². The van der Waals surface area contributed by atoms with Gasteiger partial charge in [0.1, 0.15) is 16.5 Å². The first-order chi connectivity index (χ1) is 12.8. The van der Waals surface area contributed by atoms with Crippen LogP contribution in [0.1, 0.15) is 55.7 Å². The van der Waals surface area contributed by atoms with Gasteiger partial charge in [-0.15, -0.1) is 11.3 Å². The SMILES string of the molecule is C/C=C(\C=C/C(=C(C)C)c1nc(C(=O)NC(C)C)cs1)c1ccc(F)cc1. The fraction of sp³-hybridized carbons (Fsp3) is 0.273. The van der Waals surface area contributed by atoms with E-state index in [2.05, 4.69) is 10.3 Å². The van der Waals surface area contributed by atoms with E-state index in [-0.39, 0.29) is 17.8 Å². The first kappa shape index (κ1) is 20.8. The zero-order chi connectivity index (χ0) is 20.0. The summed E-state index contributed by atoms with van der Waals surface area (Å²) >= 11 is 1.45. The molecule has 27 heavy (non-hydrogen) atoms. The number of aromatic nitrogens is 1. The zero-order valence-corrected chi connectivity index (χ0v) is 17.2. The third-order valence-electron chi connectivity index (χ3n) is 3.84. The van der Waals surface area contributed by atoms with E-state index in [0.717, 1.165) is 27.3 Å². The molecule has 1 heterocycles. The van der Waals surface area contributed by atoms with Gasteiger partial charge in [0.2, 0.25) is 0 Å². The van der Waals surface area contributed by atoms with Gasteiger partial charge in [-0.3, -0.25) is 4.79 Å². The van der Waals surface area contributed by atoms with Gasteiger partial charge in [-0.05, 0) is 57.9 Å². The second-order valence-electron chi connectivity index (χ2n) is 6.66. The minimum absolute atomic E-state index is 0.0680. The Labute approximate surface area is 164 Å². The Bertz CT molecular complexity index is 885. The maximum absolute atomic E-state index is 13.2. The second-order valence-corrected chi connectivity index (χ2v) is 7.52. The molecule has 1 aromatic carbocycles. The molecule has 142 valence electrons. The Morgan fingerprint density at radius 1 is 1.19 bits per heavy atom. The van der Waals surface area contributed by atoms with Gasteiger partial charge in [0.15, 0.2) is 0 Å². The van der Waals surface area contributed by atoms with Gasteiger partial charge >= 0.3 is 0 Å². The Kier molecular flexibility index (Phi) is 7.25. The van der Waals surface area contributed by atoms with E-state index in [0.29, 0.717) is 5.69 Å². The molecule has 1 N–H and O–H groups in total. The van der Waals surface area contributed by atoms with Crippen molar-refractivity contribution in [3.63, 3.8) is 0 Å². The summed E-state index contributed by atoms with van der Waals surface area (Å²) in [6, 6.07) is 6.49. The lowest BCUT2D eigenvalue weighted by molar-refractivity contribution is 0.0938. The topological polar surface area (TPSA) is 42.0 Å². The second kappa shape index (κ2) is 9.42. The van der Waals surface area contributed by atoms with E-state index in [1.165, 1.54) is 23.5 Å². The van der Waals surface area contributed by atoms with Gasteiger partial charge in [0, 0.05) is 17.0 Å². The number of amides is 1. The van der Waals surface area contributed by atoms with Gasteiger partial charge in [-0.25, -0.2) is 9.37 Å². The number of thiazole rings is 1. The monoisotopic (exact) mass is 384 g/mol. The zero-order valence-electron chi connectivity index (χ0n) is 16.3. The summed E-state index contributed by atoms with van der Waals surface area (Å²) in [6.07, 6.45) is 5.97. The molecule has 0 atom stereocenters. The Morgan fingerprint density at radius 2 is 1.85 bits per heavy atom. The first-order valence-corrected chi connectivity index (χ1v) is 9.74. The average Bonchev–Trinajstić information content (AvgIpc) is 3.09. The van der Waals surface area contributed by atoms with Crippen LogP contribution in [0.15, 0.2) is 53.4 Å².